The van der Waals surface area contributed by atoms with Crippen molar-refractivity contribution in [3.63, 3.8) is 0 Å². The minimum Gasteiger partial charge on any atom is -0.396 e. The Hall–Kier alpha value is -1.07. The first-order chi connectivity index (χ1) is 8.65. The molecule has 1 aromatic carbocycles. The number of thioether (sulfide) groups is 1. The maximum absolute atomic E-state index is 12.7. The van der Waals surface area contributed by atoms with Crippen molar-refractivity contribution in [1.82, 2.24) is 5.32 Å². The Morgan fingerprint density at radius 1 is 1.44 bits per heavy atom. The molecule has 1 amide bonds. The molecule has 1 atom stereocenters. The van der Waals surface area contributed by atoms with Crippen molar-refractivity contribution in [3.05, 3.63) is 30.1 Å². The van der Waals surface area contributed by atoms with Gasteiger partial charge in [0.2, 0.25) is 5.91 Å². The third-order valence-corrected chi connectivity index (χ3v) is 3.53. The van der Waals surface area contributed by atoms with Crippen molar-refractivity contribution < 1.29 is 14.3 Å². The van der Waals surface area contributed by atoms with Gasteiger partial charge in [0.25, 0.3) is 0 Å². The Bertz CT molecular complexity index is 370. The molecule has 0 aliphatic rings. The highest BCUT2D eigenvalue weighted by Crippen LogP contribution is 2.17. The van der Waals surface area contributed by atoms with Gasteiger partial charge in [-0.1, -0.05) is 6.92 Å². The summed E-state index contributed by atoms with van der Waals surface area (Å²) in [5, 5.41) is 11.7. The zero-order valence-corrected chi connectivity index (χ0v) is 11.2. The summed E-state index contributed by atoms with van der Waals surface area (Å²) >= 11 is 1.37. The summed E-state index contributed by atoms with van der Waals surface area (Å²) in [5.41, 5.74) is 0. The van der Waals surface area contributed by atoms with E-state index >= 15 is 0 Å². The van der Waals surface area contributed by atoms with E-state index in [2.05, 4.69) is 5.32 Å². The van der Waals surface area contributed by atoms with Crippen LogP contribution in [0.4, 0.5) is 4.39 Å². The Balaban J connectivity index is 2.34. The minimum atomic E-state index is -0.280. The van der Waals surface area contributed by atoms with Gasteiger partial charge in [0, 0.05) is 17.5 Å². The third-order valence-electron chi connectivity index (χ3n) is 2.52. The third kappa shape index (κ3) is 5.51. The number of nitrogens with one attached hydrogen (secondary N) is 1. The monoisotopic (exact) mass is 271 g/mol. The van der Waals surface area contributed by atoms with E-state index < -0.39 is 0 Å². The van der Waals surface area contributed by atoms with Gasteiger partial charge in [-0.2, -0.15) is 0 Å². The summed E-state index contributed by atoms with van der Waals surface area (Å²) in [6.45, 7) is 2.04. The zero-order chi connectivity index (χ0) is 13.4. The fourth-order valence-corrected chi connectivity index (χ4v) is 2.19. The Labute approximate surface area is 111 Å². The van der Waals surface area contributed by atoms with E-state index in [4.69, 9.17) is 5.11 Å². The van der Waals surface area contributed by atoms with Crippen LogP contribution in [-0.2, 0) is 4.79 Å². The van der Waals surface area contributed by atoms with Crippen LogP contribution in [0.15, 0.2) is 29.2 Å². The number of halogens is 1. The maximum atomic E-state index is 12.7. The zero-order valence-electron chi connectivity index (χ0n) is 10.4. The molecule has 1 rings (SSSR count). The molecule has 0 radical (unpaired) electrons. The largest absolute Gasteiger partial charge is 0.396 e. The van der Waals surface area contributed by atoms with Crippen molar-refractivity contribution in [2.75, 3.05) is 12.4 Å². The first-order valence-corrected chi connectivity index (χ1v) is 6.92. The van der Waals surface area contributed by atoms with Crippen molar-refractivity contribution in [1.29, 1.82) is 0 Å². The number of aliphatic hydroxyl groups excluding tert-OH is 1. The van der Waals surface area contributed by atoms with Gasteiger partial charge >= 0.3 is 0 Å². The molecule has 100 valence electrons. The highest BCUT2D eigenvalue weighted by molar-refractivity contribution is 8.00. The fraction of sp³-hybridized carbons (Fsp3) is 0.462. The van der Waals surface area contributed by atoms with Crippen molar-refractivity contribution >= 4 is 17.7 Å². The smallest absolute Gasteiger partial charge is 0.230 e. The molecule has 0 aliphatic carbocycles. The van der Waals surface area contributed by atoms with Crippen molar-refractivity contribution in [2.45, 2.75) is 30.7 Å². The lowest BCUT2D eigenvalue weighted by Crippen LogP contribution is -2.36. The minimum absolute atomic E-state index is 0.0244. The maximum Gasteiger partial charge on any atom is 0.230 e. The normalized spacial score (nSPS) is 12.2. The molecule has 0 aliphatic heterocycles. The van der Waals surface area contributed by atoms with Gasteiger partial charge < -0.3 is 10.4 Å². The van der Waals surface area contributed by atoms with Gasteiger partial charge in [0.15, 0.2) is 0 Å². The molecule has 5 heteroatoms. The standard InChI is InChI=1S/C13H18FNO2S/c1-2-11(7-8-16)15-13(17)9-18-12-5-3-10(14)4-6-12/h3-6,11,16H,2,7-9H2,1H3,(H,15,17). The van der Waals surface area contributed by atoms with E-state index in [0.29, 0.717) is 12.2 Å². The van der Waals surface area contributed by atoms with Crippen LogP contribution >= 0.6 is 11.8 Å². The molecule has 0 bridgehead atoms. The number of aliphatic hydroxyl groups is 1. The summed E-state index contributed by atoms with van der Waals surface area (Å²) in [7, 11) is 0. The topological polar surface area (TPSA) is 49.3 Å². The molecule has 0 aromatic heterocycles. The molecule has 0 heterocycles. The van der Waals surface area contributed by atoms with E-state index in [0.717, 1.165) is 11.3 Å². The summed E-state index contributed by atoms with van der Waals surface area (Å²) in [6, 6.07) is 6.08. The van der Waals surface area contributed by atoms with Gasteiger partial charge in [0.05, 0.1) is 5.75 Å². The fourth-order valence-electron chi connectivity index (χ4n) is 1.48. The second-order valence-corrected chi connectivity index (χ2v) is 4.98. The number of hydrogen-bond donors (Lipinski definition) is 2. The first-order valence-electron chi connectivity index (χ1n) is 5.94. The Morgan fingerprint density at radius 2 is 2.11 bits per heavy atom. The number of hydrogen-bond acceptors (Lipinski definition) is 3. The molecule has 3 nitrogen and oxygen atoms in total. The first kappa shape index (κ1) is 15.0. The van der Waals surface area contributed by atoms with Gasteiger partial charge in [-0.3, -0.25) is 4.79 Å². The lowest BCUT2D eigenvalue weighted by Gasteiger charge is -2.15. The highest BCUT2D eigenvalue weighted by Gasteiger charge is 2.09. The average molecular weight is 271 g/mol. The van der Waals surface area contributed by atoms with Crippen LogP contribution in [0.5, 0.6) is 0 Å². The predicted octanol–water partition coefficient (Wildman–Crippen LogP) is 2.20. The number of carbonyl (C=O) groups excluding carboxylic acids is 1. The van der Waals surface area contributed by atoms with Crippen molar-refractivity contribution in [2.24, 2.45) is 0 Å². The molecule has 1 unspecified atom stereocenters. The van der Waals surface area contributed by atoms with Crippen LogP contribution in [0, 0.1) is 5.82 Å². The van der Waals surface area contributed by atoms with E-state index in [1.165, 1.54) is 23.9 Å². The molecule has 18 heavy (non-hydrogen) atoms. The van der Waals surface area contributed by atoms with Gasteiger partial charge in [-0.25, -0.2) is 4.39 Å². The highest BCUT2D eigenvalue weighted by atomic mass is 32.2. The van der Waals surface area contributed by atoms with Crippen molar-refractivity contribution in [3.8, 4) is 0 Å². The average Bonchev–Trinajstić information content (AvgIpc) is 2.37. The molecule has 0 saturated heterocycles. The van der Waals surface area contributed by atoms with Gasteiger partial charge in [-0.15, -0.1) is 11.8 Å². The second-order valence-electron chi connectivity index (χ2n) is 3.93. The van der Waals surface area contributed by atoms with Gasteiger partial charge in [0.1, 0.15) is 5.82 Å². The number of rotatable bonds is 7. The van der Waals surface area contributed by atoms with E-state index in [-0.39, 0.29) is 24.4 Å². The number of amides is 1. The number of benzene rings is 1. The molecular formula is C13H18FNO2S. The summed E-state index contributed by atoms with van der Waals surface area (Å²) < 4.78 is 12.7. The van der Waals surface area contributed by atoms with Crippen LogP contribution in [0.25, 0.3) is 0 Å². The quantitative estimate of drug-likeness (QED) is 0.747. The van der Waals surface area contributed by atoms with E-state index in [9.17, 15) is 9.18 Å². The second kappa shape index (κ2) is 8.11. The Morgan fingerprint density at radius 3 is 2.67 bits per heavy atom. The van der Waals surface area contributed by atoms with Crippen LogP contribution in [-0.4, -0.2) is 29.4 Å². The SMILES string of the molecule is CCC(CCO)NC(=O)CSc1ccc(F)cc1. The van der Waals surface area contributed by atoms with E-state index in [1.54, 1.807) is 12.1 Å². The summed E-state index contributed by atoms with van der Waals surface area (Å²) in [4.78, 5) is 12.5. The number of carbonyl (C=O) groups is 1. The lowest BCUT2D eigenvalue weighted by molar-refractivity contribution is -0.119. The lowest BCUT2D eigenvalue weighted by atomic mass is 10.1. The van der Waals surface area contributed by atoms with E-state index in [1.807, 2.05) is 6.92 Å². The Kier molecular flexibility index (Phi) is 6.75. The van der Waals surface area contributed by atoms with Crippen LogP contribution in [0.3, 0.4) is 0 Å². The van der Waals surface area contributed by atoms with Crippen LogP contribution in [0.1, 0.15) is 19.8 Å². The van der Waals surface area contributed by atoms with Crippen LogP contribution in [0.2, 0.25) is 0 Å². The molecular weight excluding hydrogens is 253 g/mol. The summed E-state index contributed by atoms with van der Waals surface area (Å²) in [6.07, 6.45) is 1.37. The van der Waals surface area contributed by atoms with Gasteiger partial charge in [-0.05, 0) is 37.1 Å². The molecule has 1 aromatic rings. The molecule has 0 spiro atoms. The molecule has 0 fully saturated rings. The summed E-state index contributed by atoms with van der Waals surface area (Å²) in [5.74, 6) is -0.0458. The predicted molar refractivity (Wildman–Crippen MR) is 71.0 cm³/mol. The molecule has 0 saturated carbocycles. The molecule has 2 N–H and O–H groups in total. The van der Waals surface area contributed by atoms with Crippen LogP contribution < -0.4 is 5.32 Å².